The van der Waals surface area contributed by atoms with Crippen LogP contribution in [0, 0.1) is 0 Å². The average Bonchev–Trinajstić information content (AvgIpc) is 2.89. The maximum atomic E-state index is 9.96. The molecule has 130 valence electrons. The van der Waals surface area contributed by atoms with Crippen LogP contribution in [0.1, 0.15) is 51.9 Å². The molecule has 1 rings (SSSR count). The fraction of sp³-hybridized carbons (Fsp3) is 0.882. The third-order valence-electron chi connectivity index (χ3n) is 3.97. The van der Waals surface area contributed by atoms with Gasteiger partial charge in [0.2, 0.25) is 0 Å². The van der Waals surface area contributed by atoms with Crippen molar-refractivity contribution >= 4 is 0 Å². The quantitative estimate of drug-likeness (QED) is 0.378. The summed E-state index contributed by atoms with van der Waals surface area (Å²) in [6.07, 6.45) is 9.48. The number of rotatable bonds is 12. The predicted molar refractivity (Wildman–Crippen MR) is 85.7 cm³/mol. The van der Waals surface area contributed by atoms with E-state index in [0.717, 1.165) is 19.3 Å². The minimum absolute atomic E-state index is 0.264. The molecule has 1 aliphatic heterocycles. The first-order valence-corrected chi connectivity index (χ1v) is 8.55. The molecule has 0 spiro atoms. The third-order valence-corrected chi connectivity index (χ3v) is 3.97. The summed E-state index contributed by atoms with van der Waals surface area (Å²) < 4.78 is 10.9. The normalized spacial score (nSPS) is 26.8. The van der Waals surface area contributed by atoms with E-state index in [4.69, 9.17) is 14.6 Å². The number of aliphatic hydroxyl groups excluding tert-OH is 3. The molecule has 0 bridgehead atoms. The average molecular weight is 316 g/mol. The Morgan fingerprint density at radius 1 is 1.18 bits per heavy atom. The molecule has 0 aromatic rings. The van der Waals surface area contributed by atoms with Crippen LogP contribution in [-0.2, 0) is 9.47 Å². The van der Waals surface area contributed by atoms with Crippen LogP contribution in [0.2, 0.25) is 0 Å². The lowest BCUT2D eigenvalue weighted by molar-refractivity contribution is -0.0730. The maximum Gasteiger partial charge on any atom is 0.114 e. The van der Waals surface area contributed by atoms with E-state index in [1.54, 1.807) is 0 Å². The molecule has 5 nitrogen and oxygen atoms in total. The minimum atomic E-state index is -1.05. The van der Waals surface area contributed by atoms with E-state index in [0.29, 0.717) is 6.61 Å². The highest BCUT2D eigenvalue weighted by Gasteiger charge is 2.40. The van der Waals surface area contributed by atoms with Gasteiger partial charge in [0.25, 0.3) is 0 Å². The minimum Gasteiger partial charge on any atom is -0.394 e. The molecule has 5 heteroatoms. The van der Waals surface area contributed by atoms with Crippen LogP contribution in [0.25, 0.3) is 0 Å². The van der Waals surface area contributed by atoms with Crippen molar-refractivity contribution < 1.29 is 24.8 Å². The molecule has 0 saturated carbocycles. The fourth-order valence-electron chi connectivity index (χ4n) is 2.55. The van der Waals surface area contributed by atoms with Crippen LogP contribution in [-0.4, -0.2) is 59.6 Å². The Balaban J connectivity index is 2.01. The smallest absolute Gasteiger partial charge is 0.114 e. The van der Waals surface area contributed by atoms with Crippen LogP contribution in [0.3, 0.4) is 0 Å². The van der Waals surface area contributed by atoms with E-state index in [1.165, 1.54) is 25.7 Å². The Kier molecular flexibility index (Phi) is 10.7. The SMILES string of the molecule is CCCCC/C=C/CCCCO[C@H]1CO[C@H]([C@H](O)CO)[C@@H]1O. The molecule has 0 aromatic heterocycles. The molecule has 0 radical (unpaired) electrons. The Morgan fingerprint density at radius 3 is 2.50 bits per heavy atom. The summed E-state index contributed by atoms with van der Waals surface area (Å²) in [5.41, 5.74) is 0. The van der Waals surface area contributed by atoms with E-state index in [-0.39, 0.29) is 6.61 Å². The second kappa shape index (κ2) is 12.0. The van der Waals surface area contributed by atoms with Crippen LogP contribution < -0.4 is 0 Å². The van der Waals surface area contributed by atoms with Crippen molar-refractivity contribution in [2.75, 3.05) is 19.8 Å². The summed E-state index contributed by atoms with van der Waals surface area (Å²) >= 11 is 0. The first-order chi connectivity index (χ1) is 10.7. The monoisotopic (exact) mass is 316 g/mol. The molecule has 1 heterocycles. The summed E-state index contributed by atoms with van der Waals surface area (Å²) in [4.78, 5) is 0. The van der Waals surface area contributed by atoms with Crippen LogP contribution >= 0.6 is 0 Å². The highest BCUT2D eigenvalue weighted by Crippen LogP contribution is 2.20. The maximum absolute atomic E-state index is 9.96. The van der Waals surface area contributed by atoms with Gasteiger partial charge in [-0.25, -0.2) is 0 Å². The zero-order chi connectivity index (χ0) is 16.2. The molecule has 1 saturated heterocycles. The number of allylic oxidation sites excluding steroid dienone is 2. The van der Waals surface area contributed by atoms with Crippen molar-refractivity contribution in [3.63, 3.8) is 0 Å². The standard InChI is InChI=1S/C17H32O5/c1-2-3-4-5-6-7-8-9-10-11-21-15-13-22-17(16(15)20)14(19)12-18/h6-7,14-20H,2-5,8-13H2,1H3/b7-6+/t14-,15+,16-,17-/m1/s1. The number of hydrogen-bond acceptors (Lipinski definition) is 5. The molecule has 0 aliphatic carbocycles. The first kappa shape index (κ1) is 19.6. The lowest BCUT2D eigenvalue weighted by atomic mass is 10.1. The summed E-state index contributed by atoms with van der Waals surface area (Å²) in [6, 6.07) is 0. The van der Waals surface area contributed by atoms with Crippen LogP contribution in [0.15, 0.2) is 12.2 Å². The van der Waals surface area contributed by atoms with Crippen molar-refractivity contribution in [1.29, 1.82) is 0 Å². The number of hydrogen-bond donors (Lipinski definition) is 3. The van der Waals surface area contributed by atoms with Crippen LogP contribution in [0.5, 0.6) is 0 Å². The molecule has 3 N–H and O–H groups in total. The molecule has 0 amide bonds. The highest BCUT2D eigenvalue weighted by atomic mass is 16.6. The second-order valence-corrected chi connectivity index (χ2v) is 5.91. The van der Waals surface area contributed by atoms with Gasteiger partial charge in [0.15, 0.2) is 0 Å². The van der Waals surface area contributed by atoms with Gasteiger partial charge in [0, 0.05) is 6.61 Å². The number of unbranched alkanes of at least 4 members (excludes halogenated alkanes) is 5. The number of ether oxygens (including phenoxy) is 2. The highest BCUT2D eigenvalue weighted by molar-refractivity contribution is 4.88. The molecule has 22 heavy (non-hydrogen) atoms. The Labute approximate surface area is 133 Å². The van der Waals surface area contributed by atoms with Gasteiger partial charge in [-0.1, -0.05) is 31.9 Å². The first-order valence-electron chi connectivity index (χ1n) is 8.55. The number of aliphatic hydroxyl groups is 3. The molecule has 1 fully saturated rings. The van der Waals surface area contributed by atoms with E-state index < -0.39 is 31.0 Å². The van der Waals surface area contributed by atoms with Crippen molar-refractivity contribution in [2.24, 2.45) is 0 Å². The Bertz CT molecular complexity index is 295. The fourth-order valence-corrected chi connectivity index (χ4v) is 2.55. The van der Waals surface area contributed by atoms with Gasteiger partial charge in [-0.05, 0) is 32.1 Å². The molecular weight excluding hydrogens is 284 g/mol. The van der Waals surface area contributed by atoms with Crippen molar-refractivity contribution in [2.45, 2.75) is 76.3 Å². The summed E-state index contributed by atoms with van der Waals surface area (Å²) in [6.45, 7) is 2.64. The zero-order valence-electron chi connectivity index (χ0n) is 13.7. The molecule has 0 unspecified atom stereocenters. The summed E-state index contributed by atoms with van der Waals surface area (Å²) in [7, 11) is 0. The van der Waals surface area contributed by atoms with Crippen molar-refractivity contribution in [1.82, 2.24) is 0 Å². The largest absolute Gasteiger partial charge is 0.394 e. The second-order valence-electron chi connectivity index (χ2n) is 5.91. The van der Waals surface area contributed by atoms with E-state index >= 15 is 0 Å². The van der Waals surface area contributed by atoms with Gasteiger partial charge < -0.3 is 24.8 Å². The summed E-state index contributed by atoms with van der Waals surface area (Å²) in [5, 5.41) is 28.3. The van der Waals surface area contributed by atoms with Crippen molar-refractivity contribution in [3.05, 3.63) is 12.2 Å². The Morgan fingerprint density at radius 2 is 1.86 bits per heavy atom. The zero-order valence-corrected chi connectivity index (χ0v) is 13.7. The van der Waals surface area contributed by atoms with Crippen molar-refractivity contribution in [3.8, 4) is 0 Å². The lowest BCUT2D eigenvalue weighted by Gasteiger charge is -2.20. The molecule has 1 aliphatic rings. The van der Waals surface area contributed by atoms with Gasteiger partial charge in [-0.2, -0.15) is 0 Å². The van der Waals surface area contributed by atoms with Gasteiger partial charge >= 0.3 is 0 Å². The molecule has 4 atom stereocenters. The third kappa shape index (κ3) is 7.20. The van der Waals surface area contributed by atoms with Gasteiger partial charge in [-0.15, -0.1) is 0 Å². The van der Waals surface area contributed by atoms with Gasteiger partial charge in [0.05, 0.1) is 13.2 Å². The predicted octanol–water partition coefficient (Wildman–Crippen LogP) is 1.79. The molecule has 0 aromatic carbocycles. The lowest BCUT2D eigenvalue weighted by Crippen LogP contribution is -2.41. The van der Waals surface area contributed by atoms with E-state index in [9.17, 15) is 10.2 Å². The summed E-state index contributed by atoms with van der Waals surface area (Å²) in [5.74, 6) is 0. The van der Waals surface area contributed by atoms with Gasteiger partial charge in [-0.3, -0.25) is 0 Å². The van der Waals surface area contributed by atoms with E-state index in [2.05, 4.69) is 19.1 Å². The Hall–Kier alpha value is -0.460. The topological polar surface area (TPSA) is 79.2 Å². The van der Waals surface area contributed by atoms with Gasteiger partial charge in [0.1, 0.15) is 24.4 Å². The molecular formula is C17H32O5. The van der Waals surface area contributed by atoms with E-state index in [1.807, 2.05) is 0 Å². The van der Waals surface area contributed by atoms with Crippen LogP contribution in [0.4, 0.5) is 0 Å².